The van der Waals surface area contributed by atoms with E-state index < -0.39 is 7.12 Å². The summed E-state index contributed by atoms with van der Waals surface area (Å²) < 4.78 is 14.3. The van der Waals surface area contributed by atoms with Gasteiger partial charge >= 0.3 is 7.12 Å². The summed E-state index contributed by atoms with van der Waals surface area (Å²) >= 11 is 0. The first-order chi connectivity index (χ1) is 9.23. The minimum Gasteiger partial charge on any atom is -0.399 e. The van der Waals surface area contributed by atoms with Crippen molar-refractivity contribution >= 4 is 18.2 Å². The summed E-state index contributed by atoms with van der Waals surface area (Å²) in [5.74, 6) is 0.859. The largest absolute Gasteiger partial charge is 0.499 e. The van der Waals surface area contributed by atoms with Crippen molar-refractivity contribution in [3.63, 3.8) is 0 Å². The lowest BCUT2D eigenvalue weighted by Crippen LogP contribution is -2.41. The number of aryl methyl sites for hydroxylation is 2. The molecule has 1 aliphatic heterocycles. The highest BCUT2D eigenvalue weighted by molar-refractivity contribution is 6.64. The predicted octanol–water partition coefficient (Wildman–Crippen LogP) is 1.65. The number of rotatable bonds is 1. The van der Waals surface area contributed by atoms with E-state index in [2.05, 4.69) is 37.9 Å². The Kier molecular flexibility index (Phi) is 2.75. The van der Waals surface area contributed by atoms with Gasteiger partial charge in [0.2, 0.25) is 0 Å². The van der Waals surface area contributed by atoms with Crippen LogP contribution in [0.1, 0.15) is 39.1 Å². The molecular weight excluding hydrogens is 253 g/mol. The molecule has 0 atom stereocenters. The molecule has 2 aromatic rings. The predicted molar refractivity (Wildman–Crippen MR) is 78.2 cm³/mol. The fraction of sp³-hybridized carbons (Fsp3) is 0.571. The topological polar surface area (TPSA) is 48.7 Å². The molecule has 0 radical (unpaired) electrons. The van der Waals surface area contributed by atoms with Crippen molar-refractivity contribution in [2.45, 2.75) is 52.7 Å². The quantitative estimate of drug-likeness (QED) is 0.741. The molecule has 5 nitrogen and oxygen atoms in total. The molecule has 2 aromatic heterocycles. The van der Waals surface area contributed by atoms with Crippen LogP contribution >= 0.6 is 0 Å². The van der Waals surface area contributed by atoms with Crippen molar-refractivity contribution in [1.29, 1.82) is 0 Å². The molecule has 0 aliphatic carbocycles. The molecule has 0 spiro atoms. The van der Waals surface area contributed by atoms with Crippen LogP contribution in [0.25, 0.3) is 5.65 Å². The fourth-order valence-corrected chi connectivity index (χ4v) is 2.44. The second-order valence-corrected chi connectivity index (χ2v) is 6.44. The van der Waals surface area contributed by atoms with Crippen LogP contribution in [0.4, 0.5) is 0 Å². The highest BCUT2D eigenvalue weighted by atomic mass is 16.7. The van der Waals surface area contributed by atoms with Gasteiger partial charge in [-0.3, -0.25) is 4.40 Å². The summed E-state index contributed by atoms with van der Waals surface area (Å²) in [6, 6.07) is 2.05. The summed E-state index contributed by atoms with van der Waals surface area (Å²) in [5.41, 5.74) is 2.16. The molecule has 6 heteroatoms. The number of aromatic nitrogens is 3. The minimum atomic E-state index is -0.410. The second kappa shape index (κ2) is 4.05. The van der Waals surface area contributed by atoms with Crippen molar-refractivity contribution in [1.82, 2.24) is 14.6 Å². The molecule has 3 heterocycles. The van der Waals surface area contributed by atoms with Crippen molar-refractivity contribution in [3.05, 3.63) is 23.7 Å². The molecule has 0 N–H and O–H groups in total. The highest BCUT2D eigenvalue weighted by Gasteiger charge is 2.52. The molecule has 0 unspecified atom stereocenters. The first kappa shape index (κ1) is 13.6. The Labute approximate surface area is 119 Å². The monoisotopic (exact) mass is 273 g/mol. The van der Waals surface area contributed by atoms with Gasteiger partial charge in [-0.25, -0.2) is 0 Å². The van der Waals surface area contributed by atoms with Crippen molar-refractivity contribution in [2.75, 3.05) is 0 Å². The lowest BCUT2D eigenvalue weighted by atomic mass is 9.77. The number of hydrogen-bond donors (Lipinski definition) is 0. The molecule has 3 rings (SSSR count). The van der Waals surface area contributed by atoms with Crippen LogP contribution in [-0.2, 0) is 9.31 Å². The van der Waals surface area contributed by atoms with Crippen LogP contribution in [-0.4, -0.2) is 32.9 Å². The maximum Gasteiger partial charge on any atom is 0.499 e. The van der Waals surface area contributed by atoms with Gasteiger partial charge in [-0.1, -0.05) is 0 Å². The standard InChI is InChI=1S/C14H20BN3O2/c1-9-7-8-18-10(2)16-17-12(18)11(9)15-19-13(3,4)14(5,6)20-15/h7-8H,1-6H3. The van der Waals surface area contributed by atoms with E-state index in [1.165, 1.54) is 0 Å². The molecule has 0 saturated carbocycles. The minimum absolute atomic E-state index is 0.355. The van der Waals surface area contributed by atoms with E-state index in [1.807, 2.05) is 30.5 Å². The third kappa shape index (κ3) is 1.78. The van der Waals surface area contributed by atoms with Crippen LogP contribution in [0.5, 0.6) is 0 Å². The van der Waals surface area contributed by atoms with E-state index >= 15 is 0 Å². The lowest BCUT2D eigenvalue weighted by Gasteiger charge is -2.32. The van der Waals surface area contributed by atoms with E-state index in [0.29, 0.717) is 0 Å². The number of fused-ring (bicyclic) bond motifs is 1. The van der Waals surface area contributed by atoms with Crippen LogP contribution in [0.15, 0.2) is 12.3 Å². The van der Waals surface area contributed by atoms with Crippen molar-refractivity contribution in [2.24, 2.45) is 0 Å². The Balaban J connectivity index is 2.14. The summed E-state index contributed by atoms with van der Waals surface area (Å²) in [6.45, 7) is 12.2. The Hall–Kier alpha value is -1.40. The Bertz CT molecular complexity index is 662. The van der Waals surface area contributed by atoms with E-state index in [9.17, 15) is 0 Å². The molecule has 20 heavy (non-hydrogen) atoms. The van der Waals surface area contributed by atoms with Crippen LogP contribution < -0.4 is 5.46 Å². The van der Waals surface area contributed by atoms with E-state index in [-0.39, 0.29) is 11.2 Å². The van der Waals surface area contributed by atoms with Gasteiger partial charge in [0.25, 0.3) is 0 Å². The third-order valence-corrected chi connectivity index (χ3v) is 4.49. The van der Waals surface area contributed by atoms with Crippen molar-refractivity contribution < 1.29 is 9.31 Å². The Morgan fingerprint density at radius 2 is 1.65 bits per heavy atom. The van der Waals surface area contributed by atoms with Gasteiger partial charge < -0.3 is 9.31 Å². The number of nitrogens with zero attached hydrogens (tertiary/aromatic N) is 3. The van der Waals surface area contributed by atoms with E-state index in [1.54, 1.807) is 0 Å². The van der Waals surface area contributed by atoms with Gasteiger partial charge in [0.1, 0.15) is 5.82 Å². The lowest BCUT2D eigenvalue weighted by molar-refractivity contribution is 0.00578. The van der Waals surface area contributed by atoms with Gasteiger partial charge in [0.05, 0.1) is 11.2 Å². The summed E-state index contributed by atoms with van der Waals surface area (Å²) in [4.78, 5) is 0. The molecular formula is C14H20BN3O2. The first-order valence-electron chi connectivity index (χ1n) is 6.89. The van der Waals surface area contributed by atoms with Gasteiger partial charge in [-0.2, -0.15) is 0 Å². The SMILES string of the molecule is Cc1ccn2c(C)nnc2c1B1OC(C)(C)C(C)(C)O1. The molecule has 0 amide bonds. The zero-order valence-electron chi connectivity index (χ0n) is 12.9. The van der Waals surface area contributed by atoms with Crippen LogP contribution in [0.2, 0.25) is 0 Å². The van der Waals surface area contributed by atoms with Crippen LogP contribution in [0, 0.1) is 13.8 Å². The maximum atomic E-state index is 6.14. The second-order valence-electron chi connectivity index (χ2n) is 6.44. The fourth-order valence-electron chi connectivity index (χ4n) is 2.44. The Morgan fingerprint density at radius 3 is 2.25 bits per heavy atom. The summed E-state index contributed by atoms with van der Waals surface area (Å²) in [6.07, 6.45) is 1.98. The van der Waals surface area contributed by atoms with E-state index in [4.69, 9.17) is 9.31 Å². The normalized spacial score (nSPS) is 20.8. The molecule has 1 saturated heterocycles. The smallest absolute Gasteiger partial charge is 0.399 e. The average molecular weight is 273 g/mol. The zero-order valence-corrected chi connectivity index (χ0v) is 12.9. The van der Waals surface area contributed by atoms with Gasteiger partial charge in [-0.15, -0.1) is 10.2 Å². The van der Waals surface area contributed by atoms with Crippen molar-refractivity contribution in [3.8, 4) is 0 Å². The maximum absolute atomic E-state index is 6.14. The zero-order chi connectivity index (χ0) is 14.7. The number of hydrogen-bond acceptors (Lipinski definition) is 4. The third-order valence-electron chi connectivity index (χ3n) is 4.49. The molecule has 1 aliphatic rings. The van der Waals surface area contributed by atoms with E-state index in [0.717, 1.165) is 22.5 Å². The average Bonchev–Trinajstić information content (AvgIpc) is 2.78. The van der Waals surface area contributed by atoms with Crippen LogP contribution in [0.3, 0.4) is 0 Å². The van der Waals surface area contributed by atoms with Gasteiger partial charge in [-0.05, 0) is 53.2 Å². The molecule has 106 valence electrons. The van der Waals surface area contributed by atoms with Gasteiger partial charge in [0.15, 0.2) is 5.65 Å². The highest BCUT2D eigenvalue weighted by Crippen LogP contribution is 2.36. The summed E-state index contributed by atoms with van der Waals surface area (Å²) in [7, 11) is -0.410. The number of pyridine rings is 1. The molecule has 0 bridgehead atoms. The Morgan fingerprint density at radius 1 is 1.05 bits per heavy atom. The van der Waals surface area contributed by atoms with Gasteiger partial charge in [0, 0.05) is 11.7 Å². The first-order valence-corrected chi connectivity index (χ1v) is 6.89. The molecule has 1 fully saturated rings. The molecule has 0 aromatic carbocycles. The summed E-state index contributed by atoms with van der Waals surface area (Å²) in [5, 5.41) is 8.42.